The Morgan fingerprint density at radius 3 is 2.89 bits per heavy atom. The van der Waals surface area contributed by atoms with Crippen molar-refractivity contribution in [2.24, 2.45) is 12.1 Å². The Morgan fingerprint density at radius 2 is 2.11 bits per heavy atom. The predicted molar refractivity (Wildman–Crippen MR) is 109 cm³/mol. The van der Waals surface area contributed by atoms with Crippen LogP contribution < -0.4 is 5.43 Å². The van der Waals surface area contributed by atoms with Gasteiger partial charge in [0.05, 0.1) is 12.0 Å². The Hall–Kier alpha value is -2.65. The van der Waals surface area contributed by atoms with Crippen molar-refractivity contribution in [1.82, 2.24) is 20.2 Å². The zero-order chi connectivity index (χ0) is 19.2. The molecule has 1 aromatic heterocycles. The van der Waals surface area contributed by atoms with Gasteiger partial charge in [0.1, 0.15) is 5.75 Å². The van der Waals surface area contributed by atoms with E-state index in [1.807, 2.05) is 35.9 Å². The number of carbonyl (C=O) groups is 1. The smallest absolute Gasteiger partial charge is 0.250 e. The second-order valence-corrected chi connectivity index (χ2v) is 7.32. The van der Waals surface area contributed by atoms with E-state index in [0.717, 1.165) is 10.0 Å². The first-order valence-electron chi connectivity index (χ1n) is 7.92. The van der Waals surface area contributed by atoms with Gasteiger partial charge in [-0.15, -0.1) is 10.2 Å². The number of phenols is 1. The van der Waals surface area contributed by atoms with Gasteiger partial charge >= 0.3 is 0 Å². The Morgan fingerprint density at radius 1 is 1.30 bits per heavy atom. The van der Waals surface area contributed by atoms with E-state index in [0.29, 0.717) is 16.5 Å². The van der Waals surface area contributed by atoms with E-state index < -0.39 is 0 Å². The van der Waals surface area contributed by atoms with Crippen molar-refractivity contribution in [2.45, 2.75) is 5.16 Å². The minimum atomic E-state index is -0.262. The lowest BCUT2D eigenvalue weighted by Gasteiger charge is -2.05. The number of thioether (sulfide) groups is 1. The van der Waals surface area contributed by atoms with Crippen molar-refractivity contribution in [3.05, 3.63) is 58.6 Å². The summed E-state index contributed by atoms with van der Waals surface area (Å²) in [5.41, 5.74) is 4.07. The van der Waals surface area contributed by atoms with Crippen LogP contribution in [0.4, 0.5) is 0 Å². The van der Waals surface area contributed by atoms with Crippen LogP contribution in [0.25, 0.3) is 11.4 Å². The van der Waals surface area contributed by atoms with Crippen LogP contribution in [-0.4, -0.2) is 37.7 Å². The molecule has 1 amide bonds. The van der Waals surface area contributed by atoms with Gasteiger partial charge in [0.15, 0.2) is 11.0 Å². The van der Waals surface area contributed by atoms with Crippen molar-refractivity contribution in [1.29, 1.82) is 0 Å². The average molecular weight is 446 g/mol. The second-order valence-electron chi connectivity index (χ2n) is 5.52. The highest BCUT2D eigenvalue weighted by Crippen LogP contribution is 2.28. The highest BCUT2D eigenvalue weighted by atomic mass is 79.9. The van der Waals surface area contributed by atoms with E-state index in [1.54, 1.807) is 24.3 Å². The van der Waals surface area contributed by atoms with Gasteiger partial charge in [-0.3, -0.25) is 4.79 Å². The van der Waals surface area contributed by atoms with Crippen LogP contribution in [0.5, 0.6) is 5.75 Å². The lowest BCUT2D eigenvalue weighted by Crippen LogP contribution is -2.19. The molecule has 3 aromatic rings. The van der Waals surface area contributed by atoms with Crippen LogP contribution in [0.2, 0.25) is 0 Å². The molecule has 7 nitrogen and oxygen atoms in total. The van der Waals surface area contributed by atoms with Gasteiger partial charge in [-0.1, -0.05) is 58.0 Å². The van der Waals surface area contributed by atoms with E-state index in [4.69, 9.17) is 0 Å². The second kappa shape index (κ2) is 8.83. The van der Waals surface area contributed by atoms with Crippen LogP contribution in [0, 0.1) is 0 Å². The quantitative estimate of drug-likeness (QED) is 0.345. The number of hydrogen-bond donors (Lipinski definition) is 2. The first-order chi connectivity index (χ1) is 13.0. The molecule has 1 heterocycles. The number of amides is 1. The number of carbonyl (C=O) groups excluding carboxylic acids is 1. The number of nitrogens with zero attached hydrogens (tertiary/aromatic N) is 4. The van der Waals surface area contributed by atoms with E-state index in [1.165, 1.54) is 18.0 Å². The molecule has 2 N–H and O–H groups in total. The van der Waals surface area contributed by atoms with Gasteiger partial charge in [-0.05, 0) is 23.8 Å². The minimum Gasteiger partial charge on any atom is -0.508 e. The molecular formula is C18H16BrN5O2S. The molecule has 0 aliphatic carbocycles. The first kappa shape index (κ1) is 19.1. The van der Waals surface area contributed by atoms with Gasteiger partial charge in [0.2, 0.25) is 0 Å². The summed E-state index contributed by atoms with van der Waals surface area (Å²) >= 11 is 4.78. The van der Waals surface area contributed by atoms with Crippen LogP contribution in [-0.2, 0) is 11.8 Å². The molecule has 0 atom stereocenters. The number of benzene rings is 2. The number of halogens is 1. The summed E-state index contributed by atoms with van der Waals surface area (Å²) in [7, 11) is 1.86. The monoisotopic (exact) mass is 445 g/mol. The zero-order valence-corrected chi connectivity index (χ0v) is 16.7. The topological polar surface area (TPSA) is 92.4 Å². The maximum Gasteiger partial charge on any atom is 0.250 e. The molecule has 0 unspecified atom stereocenters. The minimum absolute atomic E-state index is 0.143. The summed E-state index contributed by atoms with van der Waals surface area (Å²) in [5, 5.41) is 22.3. The fraction of sp³-hybridized carbons (Fsp3) is 0.111. The molecule has 9 heteroatoms. The van der Waals surface area contributed by atoms with E-state index in [-0.39, 0.29) is 17.4 Å². The summed E-state index contributed by atoms with van der Waals surface area (Å²) in [6.45, 7) is 0. The SMILES string of the molecule is Cn1c(SCC(=O)NN=Cc2cccc(O)c2)nnc1-c1ccccc1Br. The number of hydrogen-bond acceptors (Lipinski definition) is 6. The number of aromatic hydroxyl groups is 1. The molecule has 27 heavy (non-hydrogen) atoms. The fourth-order valence-corrected chi connectivity index (χ4v) is 3.43. The third-order valence-corrected chi connectivity index (χ3v) is 5.27. The molecule has 3 rings (SSSR count). The van der Waals surface area contributed by atoms with Gasteiger partial charge in [0.25, 0.3) is 5.91 Å². The lowest BCUT2D eigenvalue weighted by molar-refractivity contribution is -0.118. The normalized spacial score (nSPS) is 11.0. The van der Waals surface area contributed by atoms with Crippen LogP contribution in [0.1, 0.15) is 5.56 Å². The largest absolute Gasteiger partial charge is 0.508 e. The fourth-order valence-electron chi connectivity index (χ4n) is 2.26. The molecule has 2 aromatic carbocycles. The van der Waals surface area contributed by atoms with Gasteiger partial charge < -0.3 is 9.67 Å². The highest BCUT2D eigenvalue weighted by Gasteiger charge is 2.14. The molecule has 0 saturated heterocycles. The van der Waals surface area contributed by atoms with Crippen LogP contribution in [0.3, 0.4) is 0 Å². The summed E-state index contributed by atoms with van der Waals surface area (Å²) in [4.78, 5) is 12.0. The molecule has 138 valence electrons. The standard InChI is InChI=1S/C18H16BrN5O2S/c1-24-17(14-7-2-3-8-15(14)19)22-23-18(24)27-11-16(26)21-20-10-12-5-4-6-13(25)9-12/h2-10,25H,11H2,1H3,(H,21,26). The Kier molecular flexibility index (Phi) is 6.25. The molecule has 0 spiro atoms. The van der Waals surface area contributed by atoms with Gasteiger partial charge in [0, 0.05) is 17.1 Å². The zero-order valence-electron chi connectivity index (χ0n) is 14.3. The van der Waals surface area contributed by atoms with E-state index >= 15 is 0 Å². The number of hydrazone groups is 1. The highest BCUT2D eigenvalue weighted by molar-refractivity contribution is 9.10. The van der Waals surface area contributed by atoms with Crippen molar-refractivity contribution in [2.75, 3.05) is 5.75 Å². The van der Waals surface area contributed by atoms with Crippen molar-refractivity contribution in [3.63, 3.8) is 0 Å². The molecule has 0 saturated carbocycles. The Labute approximate surface area is 168 Å². The van der Waals surface area contributed by atoms with Gasteiger partial charge in [-0.25, -0.2) is 5.43 Å². The molecular weight excluding hydrogens is 430 g/mol. The first-order valence-corrected chi connectivity index (χ1v) is 9.70. The third-order valence-electron chi connectivity index (χ3n) is 3.56. The Bertz CT molecular complexity index is 989. The Balaban J connectivity index is 1.57. The molecule has 0 aliphatic rings. The van der Waals surface area contributed by atoms with E-state index in [2.05, 4.69) is 36.7 Å². The van der Waals surface area contributed by atoms with Crippen molar-refractivity contribution >= 4 is 39.8 Å². The van der Waals surface area contributed by atoms with E-state index in [9.17, 15) is 9.90 Å². The lowest BCUT2D eigenvalue weighted by atomic mass is 10.2. The van der Waals surface area contributed by atoms with Crippen molar-refractivity contribution in [3.8, 4) is 17.1 Å². The summed E-state index contributed by atoms with van der Waals surface area (Å²) in [6.07, 6.45) is 1.47. The summed E-state index contributed by atoms with van der Waals surface area (Å²) < 4.78 is 2.77. The number of aromatic nitrogens is 3. The summed E-state index contributed by atoms with van der Waals surface area (Å²) in [5.74, 6) is 0.748. The van der Waals surface area contributed by atoms with Crippen molar-refractivity contribution < 1.29 is 9.90 Å². The molecule has 0 bridgehead atoms. The number of rotatable bonds is 6. The molecule has 0 aliphatic heterocycles. The van der Waals surface area contributed by atoms with Gasteiger partial charge in [-0.2, -0.15) is 5.10 Å². The number of phenolic OH excluding ortho intramolecular Hbond substituents is 1. The van der Waals surface area contributed by atoms with Crippen LogP contribution >= 0.6 is 27.7 Å². The number of nitrogens with one attached hydrogen (secondary N) is 1. The maximum atomic E-state index is 12.0. The summed E-state index contributed by atoms with van der Waals surface area (Å²) in [6, 6.07) is 14.3. The maximum absolute atomic E-state index is 12.0. The predicted octanol–water partition coefficient (Wildman–Crippen LogP) is 3.19. The molecule has 0 fully saturated rings. The van der Waals surface area contributed by atoms with Crippen LogP contribution in [0.15, 0.2) is 63.3 Å². The average Bonchev–Trinajstić information content (AvgIpc) is 3.01. The third kappa shape index (κ3) is 4.95. The molecule has 0 radical (unpaired) electrons.